The van der Waals surface area contributed by atoms with Gasteiger partial charge in [-0.05, 0) is 59.9 Å². The standard InChI is InChI=1S/C27H28N2O2S/c1-3-7-20-8-5-6-9-24(20)29-25(30)18-32-27(29)22-14-16-23(17-15-22)28-26(31)21-12-10-19(4-2)11-13-21/h5-6,8-17,27H,3-4,7,18H2,1-2H3,(H,28,31). The van der Waals surface area contributed by atoms with Gasteiger partial charge in [-0.2, -0.15) is 0 Å². The lowest BCUT2D eigenvalue weighted by Crippen LogP contribution is -2.28. The Balaban J connectivity index is 1.51. The molecule has 0 aromatic heterocycles. The lowest BCUT2D eigenvalue weighted by molar-refractivity contribution is -0.115. The highest BCUT2D eigenvalue weighted by molar-refractivity contribution is 8.00. The van der Waals surface area contributed by atoms with Crippen molar-refractivity contribution < 1.29 is 9.59 Å². The molecule has 2 amide bonds. The van der Waals surface area contributed by atoms with E-state index in [2.05, 4.69) is 25.2 Å². The molecular weight excluding hydrogens is 416 g/mol. The first-order chi connectivity index (χ1) is 15.6. The van der Waals surface area contributed by atoms with Gasteiger partial charge in [0.2, 0.25) is 5.91 Å². The third kappa shape index (κ3) is 4.73. The van der Waals surface area contributed by atoms with E-state index in [4.69, 9.17) is 0 Å². The maximum absolute atomic E-state index is 12.8. The van der Waals surface area contributed by atoms with E-state index in [1.807, 2.05) is 71.6 Å². The minimum Gasteiger partial charge on any atom is -0.322 e. The second-order valence-electron chi connectivity index (χ2n) is 7.93. The van der Waals surface area contributed by atoms with E-state index in [9.17, 15) is 9.59 Å². The molecule has 1 aliphatic rings. The van der Waals surface area contributed by atoms with Crippen LogP contribution in [0.1, 0.15) is 52.7 Å². The van der Waals surface area contributed by atoms with Crippen molar-refractivity contribution in [2.45, 2.75) is 38.5 Å². The highest BCUT2D eigenvalue weighted by Crippen LogP contribution is 2.43. The summed E-state index contributed by atoms with van der Waals surface area (Å²) >= 11 is 1.64. The summed E-state index contributed by atoms with van der Waals surface area (Å²) in [6.07, 6.45) is 2.93. The number of hydrogen-bond donors (Lipinski definition) is 1. The number of nitrogens with one attached hydrogen (secondary N) is 1. The predicted molar refractivity (Wildman–Crippen MR) is 133 cm³/mol. The third-order valence-electron chi connectivity index (χ3n) is 5.72. The summed E-state index contributed by atoms with van der Waals surface area (Å²) in [4.78, 5) is 27.3. The quantitative estimate of drug-likeness (QED) is 0.470. The van der Waals surface area contributed by atoms with Gasteiger partial charge in [-0.3, -0.25) is 14.5 Å². The molecule has 1 atom stereocenters. The molecule has 4 rings (SSSR count). The highest BCUT2D eigenvalue weighted by Gasteiger charge is 2.34. The fourth-order valence-corrected chi connectivity index (χ4v) is 5.15. The van der Waals surface area contributed by atoms with Gasteiger partial charge in [-0.1, -0.05) is 62.7 Å². The van der Waals surface area contributed by atoms with Crippen molar-refractivity contribution in [2.75, 3.05) is 16.0 Å². The molecule has 1 saturated heterocycles. The summed E-state index contributed by atoms with van der Waals surface area (Å²) < 4.78 is 0. The van der Waals surface area contributed by atoms with Crippen LogP contribution in [0.4, 0.5) is 11.4 Å². The molecular formula is C27H28N2O2S. The number of nitrogens with zero attached hydrogens (tertiary/aromatic N) is 1. The molecule has 1 heterocycles. The molecule has 1 aliphatic heterocycles. The van der Waals surface area contributed by atoms with Crippen molar-refractivity contribution in [2.24, 2.45) is 0 Å². The fraction of sp³-hybridized carbons (Fsp3) is 0.259. The van der Waals surface area contributed by atoms with Gasteiger partial charge < -0.3 is 5.32 Å². The first-order valence-electron chi connectivity index (χ1n) is 11.1. The third-order valence-corrected chi connectivity index (χ3v) is 6.93. The lowest BCUT2D eigenvalue weighted by atomic mass is 10.1. The number of amides is 2. The summed E-state index contributed by atoms with van der Waals surface area (Å²) in [5.74, 6) is 0.481. The normalized spacial score (nSPS) is 15.8. The Morgan fingerprint density at radius 3 is 2.41 bits per heavy atom. The molecule has 1 N–H and O–H groups in total. The molecule has 0 radical (unpaired) electrons. The van der Waals surface area contributed by atoms with Gasteiger partial charge in [-0.25, -0.2) is 0 Å². The topological polar surface area (TPSA) is 49.4 Å². The van der Waals surface area contributed by atoms with Crippen LogP contribution in [0.15, 0.2) is 72.8 Å². The van der Waals surface area contributed by atoms with Crippen LogP contribution in [0.2, 0.25) is 0 Å². The van der Waals surface area contributed by atoms with Gasteiger partial charge >= 0.3 is 0 Å². The highest BCUT2D eigenvalue weighted by atomic mass is 32.2. The summed E-state index contributed by atoms with van der Waals surface area (Å²) in [5, 5.41) is 2.90. The Morgan fingerprint density at radius 1 is 1.00 bits per heavy atom. The Bertz CT molecular complexity index is 1090. The molecule has 4 nitrogen and oxygen atoms in total. The van der Waals surface area contributed by atoms with Gasteiger partial charge in [0.25, 0.3) is 5.91 Å². The van der Waals surface area contributed by atoms with E-state index in [-0.39, 0.29) is 17.2 Å². The molecule has 1 fully saturated rings. The second-order valence-corrected chi connectivity index (χ2v) is 9.00. The van der Waals surface area contributed by atoms with E-state index >= 15 is 0 Å². The zero-order valence-corrected chi connectivity index (χ0v) is 19.3. The van der Waals surface area contributed by atoms with E-state index in [0.717, 1.165) is 36.2 Å². The van der Waals surface area contributed by atoms with Crippen molar-refractivity contribution in [3.05, 3.63) is 95.1 Å². The Morgan fingerprint density at radius 2 is 1.72 bits per heavy atom. The number of benzene rings is 3. The molecule has 1 unspecified atom stereocenters. The largest absolute Gasteiger partial charge is 0.322 e. The number of rotatable bonds is 7. The van der Waals surface area contributed by atoms with Gasteiger partial charge in [0.1, 0.15) is 5.37 Å². The molecule has 164 valence electrons. The number of hydrogen-bond acceptors (Lipinski definition) is 3. The van der Waals surface area contributed by atoms with Gasteiger partial charge in [-0.15, -0.1) is 11.8 Å². The van der Waals surface area contributed by atoms with Crippen LogP contribution in [0.25, 0.3) is 0 Å². The molecule has 3 aromatic carbocycles. The Hall–Kier alpha value is -3.05. The maximum Gasteiger partial charge on any atom is 0.255 e. The van der Waals surface area contributed by atoms with Crippen LogP contribution in [0, 0.1) is 0 Å². The summed E-state index contributed by atoms with van der Waals surface area (Å²) in [5.41, 5.74) is 5.85. The SMILES string of the molecule is CCCc1ccccc1N1C(=O)CSC1c1ccc(NC(=O)c2ccc(CC)cc2)cc1. The minimum atomic E-state index is -0.124. The smallest absolute Gasteiger partial charge is 0.255 e. The molecule has 0 aliphatic carbocycles. The van der Waals surface area contributed by atoms with Crippen molar-refractivity contribution in [1.82, 2.24) is 0 Å². The molecule has 32 heavy (non-hydrogen) atoms. The number of aryl methyl sites for hydroxylation is 2. The van der Waals surface area contributed by atoms with Gasteiger partial charge in [0.15, 0.2) is 0 Å². The van der Waals surface area contributed by atoms with Crippen LogP contribution in [-0.2, 0) is 17.6 Å². The molecule has 5 heteroatoms. The predicted octanol–water partition coefficient (Wildman–Crippen LogP) is 6.23. The lowest BCUT2D eigenvalue weighted by Gasteiger charge is -2.26. The minimum absolute atomic E-state index is 0.0631. The zero-order valence-electron chi connectivity index (χ0n) is 18.5. The van der Waals surface area contributed by atoms with Crippen LogP contribution in [-0.4, -0.2) is 17.6 Å². The Labute approximate surface area is 194 Å². The summed E-state index contributed by atoms with van der Waals surface area (Å²) in [6, 6.07) is 23.7. The number of carbonyl (C=O) groups excluding carboxylic acids is 2. The average Bonchev–Trinajstić information content (AvgIpc) is 3.21. The fourth-order valence-electron chi connectivity index (χ4n) is 3.98. The van der Waals surface area contributed by atoms with Crippen molar-refractivity contribution in [3.63, 3.8) is 0 Å². The van der Waals surface area contributed by atoms with Gasteiger partial charge in [0.05, 0.1) is 5.75 Å². The maximum atomic E-state index is 12.8. The summed E-state index contributed by atoms with van der Waals surface area (Å²) in [7, 11) is 0. The van der Waals surface area contributed by atoms with Crippen LogP contribution in [0.3, 0.4) is 0 Å². The van der Waals surface area contributed by atoms with E-state index in [0.29, 0.717) is 11.3 Å². The molecule has 0 spiro atoms. The number of para-hydroxylation sites is 1. The van der Waals surface area contributed by atoms with Crippen molar-refractivity contribution in [3.8, 4) is 0 Å². The summed E-state index contributed by atoms with van der Waals surface area (Å²) in [6.45, 7) is 4.25. The van der Waals surface area contributed by atoms with E-state index in [1.54, 1.807) is 11.8 Å². The van der Waals surface area contributed by atoms with Crippen molar-refractivity contribution in [1.29, 1.82) is 0 Å². The first-order valence-corrected chi connectivity index (χ1v) is 12.2. The second kappa shape index (κ2) is 10.0. The molecule has 3 aromatic rings. The number of carbonyl (C=O) groups is 2. The van der Waals surface area contributed by atoms with Crippen LogP contribution < -0.4 is 10.2 Å². The van der Waals surface area contributed by atoms with Gasteiger partial charge in [0, 0.05) is 16.9 Å². The van der Waals surface area contributed by atoms with E-state index in [1.165, 1.54) is 11.1 Å². The Kier molecular flexibility index (Phi) is 6.96. The first kappa shape index (κ1) is 22.2. The average molecular weight is 445 g/mol. The zero-order chi connectivity index (χ0) is 22.5. The molecule has 0 bridgehead atoms. The van der Waals surface area contributed by atoms with Crippen LogP contribution in [0.5, 0.6) is 0 Å². The van der Waals surface area contributed by atoms with Crippen molar-refractivity contribution >= 4 is 35.0 Å². The van der Waals surface area contributed by atoms with E-state index < -0.39 is 0 Å². The number of anilines is 2. The molecule has 0 saturated carbocycles. The number of thioether (sulfide) groups is 1. The van der Waals surface area contributed by atoms with Crippen LogP contribution >= 0.6 is 11.8 Å². The monoisotopic (exact) mass is 444 g/mol.